The summed E-state index contributed by atoms with van der Waals surface area (Å²) in [5.41, 5.74) is 1.41. The van der Waals surface area contributed by atoms with Crippen molar-refractivity contribution in [2.24, 2.45) is 46.3 Å². The molecule has 0 saturated heterocycles. The van der Waals surface area contributed by atoms with Crippen LogP contribution in [0.2, 0.25) is 0 Å². The average molecular weight is 630 g/mol. The number of hydrogen-bond donors (Lipinski definition) is 3. The molecular weight excluding hydrogens is 574 g/mol. The molecule has 1 amide bonds. The number of aliphatic hydroxyl groups excluding tert-OH is 2. The van der Waals surface area contributed by atoms with Crippen molar-refractivity contribution in [3.05, 3.63) is 29.8 Å². The second kappa shape index (κ2) is 12.5. The molecule has 0 aliphatic heterocycles. The molecule has 1 aromatic rings. The first-order chi connectivity index (χ1) is 21.0. The van der Waals surface area contributed by atoms with Crippen molar-refractivity contribution >= 4 is 16.1 Å². The normalized spacial score (nSPS) is 40.8. The molecule has 0 unspecified atom stereocenters. The first-order valence-corrected chi connectivity index (χ1v) is 19.1. The lowest BCUT2D eigenvalue weighted by molar-refractivity contribution is -0.202. The summed E-state index contributed by atoms with van der Waals surface area (Å²) in [4.78, 5) is 12.7. The van der Waals surface area contributed by atoms with E-state index in [0.29, 0.717) is 36.0 Å². The Morgan fingerprint density at radius 3 is 2.30 bits per heavy atom. The third-order valence-corrected chi connectivity index (χ3v) is 15.1. The van der Waals surface area contributed by atoms with Crippen LogP contribution in [0.3, 0.4) is 0 Å². The van der Waals surface area contributed by atoms with Crippen LogP contribution in [-0.4, -0.2) is 43.5 Å². The lowest BCUT2D eigenvalue weighted by Crippen LogP contribution is -2.62. The molecule has 0 spiro atoms. The summed E-state index contributed by atoms with van der Waals surface area (Å²) in [7, 11) is -4.00. The third kappa shape index (κ3) is 5.74. The number of carbonyl (C=O) groups is 1. The standard InChI is InChI=1S/C36H55NO6S/c1-4-28-31-22-26(38)16-19-36(31,3)30-17-20-35(2)25(12-15-29(35)32(30)33(28)39)18-21-43-34(40)37-44(41,42)27-13-10-24(11-14-27)23-8-6-5-7-9-23/h10-11,13-14,23,25-26,28-33,38-39H,4-9,12,15-22H2,1-3H3,(H,37,40)/t25-,26-,28-,29+,30+,31+,32+,33-,35-,36-/m1/s1. The minimum Gasteiger partial charge on any atom is -0.449 e. The van der Waals surface area contributed by atoms with Gasteiger partial charge in [-0.05, 0) is 134 Å². The van der Waals surface area contributed by atoms with Crippen LogP contribution in [0.15, 0.2) is 29.2 Å². The zero-order chi connectivity index (χ0) is 31.3. The second-order valence-corrected chi connectivity index (χ2v) is 17.3. The molecule has 1 aromatic carbocycles. The van der Waals surface area contributed by atoms with E-state index in [1.807, 2.05) is 12.1 Å². The van der Waals surface area contributed by atoms with Crippen molar-refractivity contribution < 1.29 is 28.2 Å². The van der Waals surface area contributed by atoms with E-state index < -0.39 is 16.1 Å². The number of ether oxygens (including phenoxy) is 1. The summed E-state index contributed by atoms with van der Waals surface area (Å²) in [6.07, 6.45) is 13.2. The molecule has 7 nitrogen and oxygen atoms in total. The van der Waals surface area contributed by atoms with Gasteiger partial charge < -0.3 is 14.9 Å². The molecule has 5 aliphatic rings. The molecule has 10 atom stereocenters. The Morgan fingerprint density at radius 1 is 0.909 bits per heavy atom. The highest BCUT2D eigenvalue weighted by atomic mass is 32.2. The Kier molecular flexibility index (Phi) is 9.19. The van der Waals surface area contributed by atoms with Gasteiger partial charge in [0.25, 0.3) is 10.0 Å². The van der Waals surface area contributed by atoms with E-state index >= 15 is 0 Å². The Hall–Kier alpha value is -1.64. The lowest BCUT2D eigenvalue weighted by atomic mass is 9.41. The van der Waals surface area contributed by atoms with Gasteiger partial charge in [0, 0.05) is 0 Å². The summed E-state index contributed by atoms with van der Waals surface area (Å²) < 4.78 is 33.4. The van der Waals surface area contributed by atoms with Gasteiger partial charge in [0.2, 0.25) is 0 Å². The van der Waals surface area contributed by atoms with Crippen LogP contribution < -0.4 is 4.72 Å². The zero-order valence-corrected chi connectivity index (χ0v) is 27.9. The predicted octanol–water partition coefficient (Wildman–Crippen LogP) is 7.17. The van der Waals surface area contributed by atoms with Crippen molar-refractivity contribution in [3.8, 4) is 0 Å². The summed E-state index contributed by atoms with van der Waals surface area (Å²) in [6.45, 7) is 7.22. The summed E-state index contributed by atoms with van der Waals surface area (Å²) >= 11 is 0. The Labute approximate surface area is 265 Å². The molecule has 0 aromatic heterocycles. The number of rotatable bonds is 7. The predicted molar refractivity (Wildman–Crippen MR) is 170 cm³/mol. The molecule has 0 heterocycles. The van der Waals surface area contributed by atoms with E-state index in [4.69, 9.17) is 4.74 Å². The van der Waals surface area contributed by atoms with Crippen molar-refractivity contribution in [1.82, 2.24) is 4.72 Å². The maximum atomic E-state index is 12.9. The summed E-state index contributed by atoms with van der Waals surface area (Å²) in [5, 5.41) is 22.4. The number of nitrogens with one attached hydrogen (secondary N) is 1. The first-order valence-electron chi connectivity index (χ1n) is 17.6. The highest BCUT2D eigenvalue weighted by Crippen LogP contribution is 2.69. The van der Waals surface area contributed by atoms with Crippen LogP contribution in [0.25, 0.3) is 0 Å². The fourth-order valence-electron chi connectivity index (χ4n) is 11.4. The first kappa shape index (κ1) is 32.3. The van der Waals surface area contributed by atoms with E-state index in [0.717, 1.165) is 64.2 Å². The maximum absolute atomic E-state index is 12.9. The third-order valence-electron chi connectivity index (χ3n) is 13.8. The van der Waals surface area contributed by atoms with Gasteiger partial charge in [0.1, 0.15) is 0 Å². The molecule has 6 rings (SSSR count). The van der Waals surface area contributed by atoms with E-state index in [1.165, 1.54) is 24.8 Å². The minimum absolute atomic E-state index is 0.0732. The lowest BCUT2D eigenvalue weighted by Gasteiger charge is -2.64. The van der Waals surface area contributed by atoms with Crippen LogP contribution >= 0.6 is 0 Å². The molecule has 0 radical (unpaired) electrons. The molecule has 5 saturated carbocycles. The molecule has 246 valence electrons. The van der Waals surface area contributed by atoms with Crippen LogP contribution in [0.4, 0.5) is 4.79 Å². The molecule has 3 N–H and O–H groups in total. The topological polar surface area (TPSA) is 113 Å². The highest BCUT2D eigenvalue weighted by molar-refractivity contribution is 7.90. The van der Waals surface area contributed by atoms with Gasteiger partial charge in [-0.3, -0.25) is 0 Å². The Bertz CT molecular complexity index is 1280. The van der Waals surface area contributed by atoms with E-state index in [2.05, 4.69) is 25.5 Å². The van der Waals surface area contributed by atoms with Crippen LogP contribution in [0.5, 0.6) is 0 Å². The van der Waals surface area contributed by atoms with E-state index in [9.17, 15) is 23.4 Å². The second-order valence-electron chi connectivity index (χ2n) is 15.6. The largest absolute Gasteiger partial charge is 0.449 e. The summed E-state index contributed by atoms with van der Waals surface area (Å²) in [6, 6.07) is 6.95. The molecule has 5 aliphatic carbocycles. The number of hydrogen-bond acceptors (Lipinski definition) is 6. The number of carbonyl (C=O) groups excluding carboxylic acids is 1. The number of aliphatic hydroxyl groups is 2. The molecule has 0 bridgehead atoms. The average Bonchev–Trinajstić information content (AvgIpc) is 3.34. The van der Waals surface area contributed by atoms with Crippen molar-refractivity contribution in [2.45, 2.75) is 134 Å². The van der Waals surface area contributed by atoms with Gasteiger partial charge in [-0.1, -0.05) is 58.6 Å². The van der Waals surface area contributed by atoms with Gasteiger partial charge in [-0.2, -0.15) is 0 Å². The number of benzene rings is 1. The van der Waals surface area contributed by atoms with Crippen molar-refractivity contribution in [3.63, 3.8) is 0 Å². The highest BCUT2D eigenvalue weighted by Gasteiger charge is 2.64. The van der Waals surface area contributed by atoms with Gasteiger partial charge in [0.05, 0.1) is 23.7 Å². The van der Waals surface area contributed by atoms with Crippen LogP contribution in [-0.2, 0) is 14.8 Å². The Balaban J connectivity index is 1.05. The summed E-state index contributed by atoms with van der Waals surface area (Å²) in [5.74, 6) is 2.67. The van der Waals surface area contributed by atoms with Crippen molar-refractivity contribution in [2.75, 3.05) is 6.61 Å². The van der Waals surface area contributed by atoms with Gasteiger partial charge >= 0.3 is 6.09 Å². The Morgan fingerprint density at radius 2 is 1.59 bits per heavy atom. The van der Waals surface area contributed by atoms with E-state index in [-0.39, 0.29) is 46.4 Å². The van der Waals surface area contributed by atoms with Crippen LogP contribution in [0.1, 0.15) is 122 Å². The van der Waals surface area contributed by atoms with Gasteiger partial charge in [-0.15, -0.1) is 0 Å². The quantitative estimate of drug-likeness (QED) is 0.295. The van der Waals surface area contributed by atoms with Crippen molar-refractivity contribution in [1.29, 1.82) is 0 Å². The number of sulfonamides is 1. The molecule has 5 fully saturated rings. The minimum atomic E-state index is -4.00. The van der Waals surface area contributed by atoms with Gasteiger partial charge in [0.15, 0.2) is 0 Å². The maximum Gasteiger partial charge on any atom is 0.421 e. The SMILES string of the molecule is CC[C@H]1[C@@H](O)[C@@H]2[C@H](CC[C@]3(C)[C@@H](CCOC(=O)NS(=O)(=O)c4ccc(C5CCCCC5)cc4)CC[C@@H]23)[C@@]2(C)CC[C@@H](O)C[C@@H]12. The molecule has 8 heteroatoms. The van der Waals surface area contributed by atoms with Gasteiger partial charge in [-0.25, -0.2) is 17.9 Å². The monoisotopic (exact) mass is 629 g/mol. The smallest absolute Gasteiger partial charge is 0.421 e. The molecular formula is C36H55NO6S. The molecule has 44 heavy (non-hydrogen) atoms. The zero-order valence-electron chi connectivity index (χ0n) is 27.0. The fraction of sp³-hybridized carbons (Fsp3) is 0.806. The number of amides is 1. The number of fused-ring (bicyclic) bond motifs is 5. The van der Waals surface area contributed by atoms with E-state index in [1.54, 1.807) is 12.1 Å². The van der Waals surface area contributed by atoms with Crippen LogP contribution in [0, 0.1) is 46.3 Å². The fourth-order valence-corrected chi connectivity index (χ4v) is 12.3.